The molecule has 0 aliphatic heterocycles. The molecule has 0 aliphatic carbocycles. The van der Waals surface area contributed by atoms with Crippen LogP contribution in [0, 0.1) is 5.92 Å². The number of phenols is 1. The van der Waals surface area contributed by atoms with Gasteiger partial charge in [0.05, 0.1) is 6.04 Å². The van der Waals surface area contributed by atoms with E-state index in [9.17, 15) is 9.90 Å². The lowest BCUT2D eigenvalue weighted by molar-refractivity contribution is -0.124. The van der Waals surface area contributed by atoms with Crippen LogP contribution in [-0.2, 0) is 11.2 Å². The number of carbonyl (C=O) groups excluding carboxylic acids is 1. The van der Waals surface area contributed by atoms with Crippen LogP contribution in [0.25, 0.3) is 0 Å². The van der Waals surface area contributed by atoms with Crippen LogP contribution in [-0.4, -0.2) is 23.0 Å². The topological polar surface area (TPSA) is 49.3 Å². The van der Waals surface area contributed by atoms with Crippen molar-refractivity contribution in [3.63, 3.8) is 0 Å². The third-order valence-corrected chi connectivity index (χ3v) is 2.82. The second-order valence-electron chi connectivity index (χ2n) is 5.30. The van der Waals surface area contributed by atoms with Crippen molar-refractivity contribution < 1.29 is 9.90 Å². The van der Waals surface area contributed by atoms with Crippen molar-refractivity contribution in [2.24, 2.45) is 5.92 Å². The van der Waals surface area contributed by atoms with Crippen LogP contribution < -0.4 is 5.32 Å². The summed E-state index contributed by atoms with van der Waals surface area (Å²) in [5.41, 5.74) is 1.06. The summed E-state index contributed by atoms with van der Waals surface area (Å²) in [4.78, 5) is 12.1. The van der Waals surface area contributed by atoms with Crippen molar-refractivity contribution in [3.05, 3.63) is 29.8 Å². The minimum Gasteiger partial charge on any atom is -0.508 e. The number of nitrogens with one attached hydrogen (secondary N) is 1. The molecule has 2 N–H and O–H groups in total. The maximum absolute atomic E-state index is 12.1. The van der Waals surface area contributed by atoms with Gasteiger partial charge in [-0.2, -0.15) is 0 Å². The van der Waals surface area contributed by atoms with Gasteiger partial charge in [-0.25, -0.2) is 0 Å². The molecule has 0 unspecified atom stereocenters. The quantitative estimate of drug-likeness (QED) is 0.814. The summed E-state index contributed by atoms with van der Waals surface area (Å²) in [7, 11) is 0. The molecule has 1 rings (SSSR count). The molecule has 18 heavy (non-hydrogen) atoms. The highest BCUT2D eigenvalue weighted by Gasteiger charge is 2.21. The summed E-state index contributed by atoms with van der Waals surface area (Å²) in [5, 5.41) is 12.6. The van der Waals surface area contributed by atoms with E-state index < -0.39 is 0 Å². The van der Waals surface area contributed by atoms with Crippen LogP contribution in [0.1, 0.15) is 33.3 Å². The van der Waals surface area contributed by atoms with Crippen molar-refractivity contribution in [2.75, 3.05) is 0 Å². The van der Waals surface area contributed by atoms with E-state index in [1.165, 1.54) is 0 Å². The van der Waals surface area contributed by atoms with Crippen molar-refractivity contribution in [1.29, 1.82) is 0 Å². The summed E-state index contributed by atoms with van der Waals surface area (Å²) < 4.78 is 0. The Hall–Kier alpha value is -1.35. The first-order chi connectivity index (χ1) is 8.40. The summed E-state index contributed by atoms with van der Waals surface area (Å²) in [6.45, 7) is 7.93. The van der Waals surface area contributed by atoms with Crippen LogP contribution in [0.5, 0.6) is 5.75 Å². The SMILES string of the molecule is CC(C)N[C@H](Cc1ccc(O)cc1)C(=O)C(C)C. The molecule has 0 spiro atoms. The van der Waals surface area contributed by atoms with E-state index in [2.05, 4.69) is 5.32 Å². The Kier molecular flexibility index (Phi) is 5.35. The van der Waals surface area contributed by atoms with E-state index in [-0.39, 0.29) is 29.5 Å². The molecule has 100 valence electrons. The standard InChI is InChI=1S/C15H23NO2/c1-10(2)15(18)14(16-11(3)4)9-12-5-7-13(17)8-6-12/h5-8,10-11,14,16-17H,9H2,1-4H3/t14-/m1/s1. The fourth-order valence-electron chi connectivity index (χ4n) is 1.91. The van der Waals surface area contributed by atoms with Gasteiger partial charge >= 0.3 is 0 Å². The molecule has 0 heterocycles. The summed E-state index contributed by atoms with van der Waals surface area (Å²) >= 11 is 0. The maximum Gasteiger partial charge on any atom is 0.152 e. The molecular weight excluding hydrogens is 226 g/mol. The molecule has 1 aromatic rings. The van der Waals surface area contributed by atoms with E-state index >= 15 is 0 Å². The first kappa shape index (κ1) is 14.7. The molecule has 3 heteroatoms. The molecule has 0 bridgehead atoms. The van der Waals surface area contributed by atoms with Crippen LogP contribution in [0.3, 0.4) is 0 Å². The number of carbonyl (C=O) groups is 1. The predicted molar refractivity (Wildman–Crippen MR) is 73.7 cm³/mol. The van der Waals surface area contributed by atoms with Crippen molar-refractivity contribution in [3.8, 4) is 5.75 Å². The fourth-order valence-corrected chi connectivity index (χ4v) is 1.91. The van der Waals surface area contributed by atoms with Crippen LogP contribution in [0.4, 0.5) is 0 Å². The number of benzene rings is 1. The monoisotopic (exact) mass is 249 g/mol. The maximum atomic E-state index is 12.1. The van der Waals surface area contributed by atoms with E-state index in [0.717, 1.165) is 5.56 Å². The Balaban J connectivity index is 2.77. The van der Waals surface area contributed by atoms with E-state index in [1.807, 2.05) is 39.8 Å². The normalized spacial score (nSPS) is 13.0. The minimum absolute atomic E-state index is 0.0263. The Bertz CT molecular complexity index is 382. The minimum atomic E-state index is -0.158. The Morgan fingerprint density at radius 1 is 1.17 bits per heavy atom. The average molecular weight is 249 g/mol. The Morgan fingerprint density at radius 3 is 2.17 bits per heavy atom. The van der Waals surface area contributed by atoms with Gasteiger partial charge in [0.1, 0.15) is 5.75 Å². The third kappa shape index (κ3) is 4.49. The number of hydrogen-bond donors (Lipinski definition) is 2. The lowest BCUT2D eigenvalue weighted by Gasteiger charge is -2.22. The molecule has 3 nitrogen and oxygen atoms in total. The van der Waals surface area contributed by atoms with E-state index in [0.29, 0.717) is 6.42 Å². The smallest absolute Gasteiger partial charge is 0.152 e. The van der Waals surface area contributed by atoms with Gasteiger partial charge in [0, 0.05) is 12.0 Å². The number of phenolic OH excluding ortho intramolecular Hbond substituents is 1. The first-order valence-corrected chi connectivity index (χ1v) is 6.48. The van der Waals surface area contributed by atoms with Crippen LogP contribution >= 0.6 is 0 Å². The van der Waals surface area contributed by atoms with Gasteiger partial charge in [-0.1, -0.05) is 39.8 Å². The number of aromatic hydroxyl groups is 1. The Morgan fingerprint density at radius 2 is 1.72 bits per heavy atom. The summed E-state index contributed by atoms with van der Waals surface area (Å²) in [6, 6.07) is 7.14. The zero-order valence-corrected chi connectivity index (χ0v) is 11.6. The molecule has 0 radical (unpaired) electrons. The second kappa shape index (κ2) is 6.55. The van der Waals surface area contributed by atoms with Gasteiger partial charge in [0.2, 0.25) is 0 Å². The third-order valence-electron chi connectivity index (χ3n) is 2.82. The zero-order valence-electron chi connectivity index (χ0n) is 11.6. The molecule has 0 saturated carbocycles. The van der Waals surface area contributed by atoms with Gasteiger partial charge in [0.25, 0.3) is 0 Å². The molecule has 0 aromatic heterocycles. The molecule has 1 atom stereocenters. The predicted octanol–water partition coefficient (Wildman–Crippen LogP) is 2.53. The van der Waals surface area contributed by atoms with Gasteiger partial charge in [0.15, 0.2) is 5.78 Å². The molecule has 0 fully saturated rings. The largest absolute Gasteiger partial charge is 0.508 e. The molecule has 0 saturated heterocycles. The van der Waals surface area contributed by atoms with Gasteiger partial charge in [-0.3, -0.25) is 4.79 Å². The van der Waals surface area contributed by atoms with Crippen molar-refractivity contribution >= 4 is 5.78 Å². The van der Waals surface area contributed by atoms with Gasteiger partial charge in [-0.05, 0) is 24.1 Å². The fraction of sp³-hybridized carbons (Fsp3) is 0.533. The number of rotatable bonds is 6. The molecule has 1 aromatic carbocycles. The van der Waals surface area contributed by atoms with E-state index in [1.54, 1.807) is 12.1 Å². The highest BCUT2D eigenvalue weighted by Crippen LogP contribution is 2.13. The molecule has 0 aliphatic rings. The van der Waals surface area contributed by atoms with Crippen LogP contribution in [0.15, 0.2) is 24.3 Å². The molecular formula is C15H23NO2. The Labute approximate surface area is 109 Å². The summed E-state index contributed by atoms with van der Waals surface area (Å²) in [5.74, 6) is 0.512. The van der Waals surface area contributed by atoms with Crippen molar-refractivity contribution in [1.82, 2.24) is 5.32 Å². The lowest BCUT2D eigenvalue weighted by atomic mass is 9.95. The van der Waals surface area contributed by atoms with Crippen LogP contribution in [0.2, 0.25) is 0 Å². The number of Topliss-reactive ketones (excluding diaryl/α,β-unsaturated/α-hetero) is 1. The highest BCUT2D eigenvalue weighted by molar-refractivity contribution is 5.86. The summed E-state index contributed by atoms with van der Waals surface area (Å²) in [6.07, 6.45) is 0.662. The molecule has 0 amide bonds. The van der Waals surface area contributed by atoms with Gasteiger partial charge < -0.3 is 10.4 Å². The number of ketones is 1. The number of hydrogen-bond acceptors (Lipinski definition) is 3. The second-order valence-corrected chi connectivity index (χ2v) is 5.30. The average Bonchev–Trinajstić information content (AvgIpc) is 2.29. The highest BCUT2D eigenvalue weighted by atomic mass is 16.3. The lowest BCUT2D eigenvalue weighted by Crippen LogP contribution is -2.44. The first-order valence-electron chi connectivity index (χ1n) is 6.48. The zero-order chi connectivity index (χ0) is 13.7. The van der Waals surface area contributed by atoms with Gasteiger partial charge in [-0.15, -0.1) is 0 Å². The van der Waals surface area contributed by atoms with Crippen molar-refractivity contribution in [2.45, 2.75) is 46.2 Å². The van der Waals surface area contributed by atoms with E-state index in [4.69, 9.17) is 0 Å².